The van der Waals surface area contributed by atoms with Gasteiger partial charge in [0.15, 0.2) is 0 Å². The Morgan fingerprint density at radius 2 is 2.17 bits per heavy atom. The molecule has 2 rings (SSSR count). The molecule has 1 aliphatic rings. The Balaban J connectivity index is 2.11. The van der Waals surface area contributed by atoms with Gasteiger partial charge in [0.25, 0.3) is 0 Å². The smallest absolute Gasteiger partial charge is 0.0512 e. The number of ether oxygens (including phenoxy) is 1. The largest absolute Gasteiger partial charge is 0.381 e. The number of hydrogen-bond acceptors (Lipinski definition) is 3. The Morgan fingerprint density at radius 1 is 1.39 bits per heavy atom. The first-order chi connectivity index (χ1) is 8.85. The van der Waals surface area contributed by atoms with E-state index in [1.807, 2.05) is 0 Å². The maximum absolute atomic E-state index is 5.63. The molecule has 0 amide bonds. The predicted octanol–water partition coefficient (Wildman–Crippen LogP) is 3.49. The zero-order chi connectivity index (χ0) is 12.8. The lowest BCUT2D eigenvalue weighted by molar-refractivity contribution is 0.0393. The first-order valence-electron chi connectivity index (χ1n) is 6.80. The average Bonchev–Trinajstić information content (AvgIpc) is 2.46. The van der Waals surface area contributed by atoms with Crippen LogP contribution in [0.15, 0.2) is 29.2 Å². The lowest BCUT2D eigenvalue weighted by atomic mass is 9.88. The molecule has 1 aromatic rings. The van der Waals surface area contributed by atoms with Gasteiger partial charge in [-0.2, -0.15) is 0 Å². The molecule has 0 bridgehead atoms. The Hall–Kier alpha value is -0.510. The summed E-state index contributed by atoms with van der Waals surface area (Å²) in [6, 6.07) is 9.38. The Kier molecular flexibility index (Phi) is 5.54. The normalized spacial score (nSPS) is 21.8. The maximum atomic E-state index is 5.63. The molecular weight excluding hydrogens is 242 g/mol. The topological polar surface area (TPSA) is 21.3 Å². The van der Waals surface area contributed by atoms with Crippen LogP contribution in [0.25, 0.3) is 0 Å². The predicted molar refractivity (Wildman–Crippen MR) is 78.2 cm³/mol. The van der Waals surface area contributed by atoms with Crippen molar-refractivity contribution >= 4 is 11.8 Å². The first kappa shape index (κ1) is 13.9. The molecule has 1 saturated heterocycles. The monoisotopic (exact) mass is 265 g/mol. The van der Waals surface area contributed by atoms with E-state index in [9.17, 15) is 0 Å². The van der Waals surface area contributed by atoms with Crippen LogP contribution in [0.4, 0.5) is 0 Å². The van der Waals surface area contributed by atoms with Gasteiger partial charge in [0.1, 0.15) is 0 Å². The fourth-order valence-electron chi connectivity index (χ4n) is 2.62. The van der Waals surface area contributed by atoms with Gasteiger partial charge in [-0.1, -0.05) is 19.1 Å². The molecule has 1 N–H and O–H groups in total. The molecule has 0 aromatic heterocycles. The molecule has 1 aromatic carbocycles. The van der Waals surface area contributed by atoms with Crippen molar-refractivity contribution in [3.8, 4) is 0 Å². The van der Waals surface area contributed by atoms with E-state index in [2.05, 4.69) is 42.8 Å². The van der Waals surface area contributed by atoms with Gasteiger partial charge in [-0.15, -0.1) is 11.8 Å². The summed E-state index contributed by atoms with van der Waals surface area (Å²) in [5.74, 6) is 0.610. The van der Waals surface area contributed by atoms with Gasteiger partial charge in [0, 0.05) is 23.5 Å². The lowest BCUT2D eigenvalue weighted by Crippen LogP contribution is -2.33. The minimum atomic E-state index is 0.436. The van der Waals surface area contributed by atoms with E-state index in [1.54, 1.807) is 11.8 Å². The minimum Gasteiger partial charge on any atom is -0.381 e. The van der Waals surface area contributed by atoms with Crippen LogP contribution >= 0.6 is 11.8 Å². The lowest BCUT2D eigenvalue weighted by Gasteiger charge is -2.31. The molecule has 2 unspecified atom stereocenters. The van der Waals surface area contributed by atoms with E-state index < -0.39 is 0 Å². The number of thioether (sulfide) groups is 1. The van der Waals surface area contributed by atoms with Crippen molar-refractivity contribution in [2.75, 3.05) is 26.0 Å². The molecular formula is C15H23NOS. The second-order valence-corrected chi connectivity index (χ2v) is 5.67. The second-order valence-electron chi connectivity index (χ2n) is 4.79. The van der Waals surface area contributed by atoms with Crippen molar-refractivity contribution < 1.29 is 4.74 Å². The molecule has 100 valence electrons. The third kappa shape index (κ3) is 3.50. The van der Waals surface area contributed by atoms with Crippen LogP contribution in [0.1, 0.15) is 31.4 Å². The summed E-state index contributed by atoms with van der Waals surface area (Å²) in [7, 11) is 0. The second kappa shape index (κ2) is 7.17. The van der Waals surface area contributed by atoms with Gasteiger partial charge < -0.3 is 10.1 Å². The zero-order valence-electron chi connectivity index (χ0n) is 11.3. The van der Waals surface area contributed by atoms with E-state index in [0.29, 0.717) is 12.0 Å². The van der Waals surface area contributed by atoms with Crippen molar-refractivity contribution in [2.45, 2.75) is 30.7 Å². The van der Waals surface area contributed by atoms with E-state index in [-0.39, 0.29) is 0 Å². The van der Waals surface area contributed by atoms with Crippen LogP contribution in [0.5, 0.6) is 0 Å². The van der Waals surface area contributed by atoms with Crippen molar-refractivity contribution in [2.24, 2.45) is 5.92 Å². The van der Waals surface area contributed by atoms with Gasteiger partial charge in [0.05, 0.1) is 6.61 Å². The Labute approximate surface area is 114 Å². The van der Waals surface area contributed by atoms with Gasteiger partial charge in [-0.05, 0) is 43.3 Å². The number of hydrogen-bond donors (Lipinski definition) is 1. The maximum Gasteiger partial charge on any atom is 0.0512 e. The molecule has 2 atom stereocenters. The van der Waals surface area contributed by atoms with E-state index in [1.165, 1.54) is 23.3 Å². The molecule has 2 nitrogen and oxygen atoms in total. The molecule has 0 spiro atoms. The molecule has 0 saturated carbocycles. The summed E-state index contributed by atoms with van der Waals surface area (Å²) >= 11 is 1.79. The Bertz CT molecular complexity index is 346. The van der Waals surface area contributed by atoms with Crippen molar-refractivity contribution in [3.05, 3.63) is 29.8 Å². The molecule has 1 aliphatic heterocycles. The number of benzene rings is 1. The van der Waals surface area contributed by atoms with Crippen LogP contribution in [0.2, 0.25) is 0 Å². The van der Waals surface area contributed by atoms with Crippen LogP contribution in [-0.2, 0) is 4.74 Å². The average molecular weight is 265 g/mol. The van der Waals surface area contributed by atoms with Crippen LogP contribution in [0, 0.1) is 5.92 Å². The van der Waals surface area contributed by atoms with Crippen molar-refractivity contribution in [1.82, 2.24) is 5.32 Å². The zero-order valence-corrected chi connectivity index (χ0v) is 12.1. The molecule has 18 heavy (non-hydrogen) atoms. The fourth-order valence-corrected chi connectivity index (χ4v) is 3.02. The highest BCUT2D eigenvalue weighted by atomic mass is 32.2. The van der Waals surface area contributed by atoms with E-state index in [4.69, 9.17) is 4.74 Å². The molecule has 1 heterocycles. The van der Waals surface area contributed by atoms with Gasteiger partial charge in [-0.25, -0.2) is 0 Å². The number of nitrogens with one attached hydrogen (secondary N) is 1. The summed E-state index contributed by atoms with van der Waals surface area (Å²) < 4.78 is 5.63. The summed E-state index contributed by atoms with van der Waals surface area (Å²) in [6.07, 6.45) is 4.57. The SMILES string of the molecule is CCNC(c1ccc(SC)cc1)C1CCCOC1. The van der Waals surface area contributed by atoms with Crippen LogP contribution in [-0.4, -0.2) is 26.0 Å². The molecule has 3 heteroatoms. The summed E-state index contributed by atoms with van der Waals surface area (Å²) in [4.78, 5) is 1.33. The van der Waals surface area contributed by atoms with Crippen molar-refractivity contribution in [3.63, 3.8) is 0 Å². The minimum absolute atomic E-state index is 0.436. The van der Waals surface area contributed by atoms with Gasteiger partial charge in [-0.3, -0.25) is 0 Å². The van der Waals surface area contributed by atoms with E-state index >= 15 is 0 Å². The third-order valence-electron chi connectivity index (χ3n) is 3.57. The Morgan fingerprint density at radius 3 is 2.72 bits per heavy atom. The summed E-state index contributed by atoms with van der Waals surface area (Å²) in [5, 5.41) is 3.62. The van der Waals surface area contributed by atoms with E-state index in [0.717, 1.165) is 19.8 Å². The highest BCUT2D eigenvalue weighted by molar-refractivity contribution is 7.98. The quantitative estimate of drug-likeness (QED) is 0.824. The van der Waals surface area contributed by atoms with Crippen molar-refractivity contribution in [1.29, 1.82) is 0 Å². The highest BCUT2D eigenvalue weighted by Gasteiger charge is 2.24. The van der Waals surface area contributed by atoms with Gasteiger partial charge >= 0.3 is 0 Å². The standard InChI is InChI=1S/C15H23NOS/c1-3-16-15(13-5-4-10-17-11-13)12-6-8-14(18-2)9-7-12/h6-9,13,15-16H,3-5,10-11H2,1-2H3. The number of rotatable bonds is 5. The molecule has 0 aliphatic carbocycles. The van der Waals surface area contributed by atoms with Crippen LogP contribution < -0.4 is 5.32 Å². The summed E-state index contributed by atoms with van der Waals surface area (Å²) in [5.41, 5.74) is 1.39. The molecule has 0 radical (unpaired) electrons. The fraction of sp³-hybridized carbons (Fsp3) is 0.600. The summed E-state index contributed by atoms with van der Waals surface area (Å²) in [6.45, 7) is 5.00. The van der Waals surface area contributed by atoms with Crippen LogP contribution in [0.3, 0.4) is 0 Å². The third-order valence-corrected chi connectivity index (χ3v) is 4.31. The highest BCUT2D eigenvalue weighted by Crippen LogP contribution is 2.29. The first-order valence-corrected chi connectivity index (χ1v) is 8.02. The van der Waals surface area contributed by atoms with Gasteiger partial charge in [0.2, 0.25) is 0 Å². The molecule has 1 fully saturated rings.